The van der Waals surface area contributed by atoms with Crippen LogP contribution in [0.5, 0.6) is 0 Å². The van der Waals surface area contributed by atoms with Gasteiger partial charge in [0, 0.05) is 19.1 Å². The first-order valence-corrected chi connectivity index (χ1v) is 6.61. The van der Waals surface area contributed by atoms with Crippen LogP contribution >= 0.6 is 11.8 Å². The van der Waals surface area contributed by atoms with Crippen molar-refractivity contribution in [3.8, 4) is 0 Å². The summed E-state index contributed by atoms with van der Waals surface area (Å²) in [6.07, 6.45) is 3.55. The summed E-state index contributed by atoms with van der Waals surface area (Å²) >= 11 is 1.78. The third-order valence-electron chi connectivity index (χ3n) is 2.95. The Morgan fingerprint density at radius 1 is 1.43 bits per heavy atom. The standard InChI is InChI=1S/C10H18N2OS/c13-10-8-14-6-2-5-12(10)9-3-1-4-11-7-9/h9,11H,1-8H2. The molecular weight excluding hydrogens is 196 g/mol. The van der Waals surface area contributed by atoms with Crippen LogP contribution < -0.4 is 5.32 Å². The van der Waals surface area contributed by atoms with E-state index in [0.29, 0.717) is 17.7 Å². The highest BCUT2D eigenvalue weighted by molar-refractivity contribution is 7.99. The Morgan fingerprint density at radius 2 is 2.36 bits per heavy atom. The van der Waals surface area contributed by atoms with Gasteiger partial charge in [-0.2, -0.15) is 11.8 Å². The van der Waals surface area contributed by atoms with Gasteiger partial charge in [0.15, 0.2) is 0 Å². The third-order valence-corrected chi connectivity index (χ3v) is 3.97. The molecule has 0 radical (unpaired) electrons. The van der Waals surface area contributed by atoms with E-state index in [0.717, 1.165) is 31.8 Å². The van der Waals surface area contributed by atoms with Crippen LogP contribution in [0, 0.1) is 0 Å². The highest BCUT2D eigenvalue weighted by Gasteiger charge is 2.25. The van der Waals surface area contributed by atoms with Gasteiger partial charge in [-0.05, 0) is 31.6 Å². The summed E-state index contributed by atoms with van der Waals surface area (Å²) in [7, 11) is 0. The highest BCUT2D eigenvalue weighted by Crippen LogP contribution is 2.17. The van der Waals surface area contributed by atoms with Crippen molar-refractivity contribution in [2.24, 2.45) is 0 Å². The summed E-state index contributed by atoms with van der Waals surface area (Å²) < 4.78 is 0. The number of piperidine rings is 1. The molecular formula is C10H18N2OS. The maximum Gasteiger partial charge on any atom is 0.232 e. The lowest BCUT2D eigenvalue weighted by Gasteiger charge is -2.33. The van der Waals surface area contributed by atoms with Gasteiger partial charge in [0.05, 0.1) is 5.75 Å². The topological polar surface area (TPSA) is 32.3 Å². The van der Waals surface area contributed by atoms with Crippen molar-refractivity contribution in [3.63, 3.8) is 0 Å². The Bertz CT molecular complexity index is 204. The predicted molar refractivity (Wildman–Crippen MR) is 59.5 cm³/mol. The molecule has 80 valence electrons. The van der Waals surface area contributed by atoms with E-state index < -0.39 is 0 Å². The normalized spacial score (nSPS) is 30.1. The summed E-state index contributed by atoms with van der Waals surface area (Å²) in [6.45, 7) is 3.09. The van der Waals surface area contributed by atoms with Crippen LogP contribution in [-0.2, 0) is 4.79 Å². The van der Waals surface area contributed by atoms with Crippen molar-refractivity contribution in [2.75, 3.05) is 31.1 Å². The first-order valence-electron chi connectivity index (χ1n) is 5.46. The molecule has 0 spiro atoms. The molecule has 3 nitrogen and oxygen atoms in total. The van der Waals surface area contributed by atoms with Crippen molar-refractivity contribution in [3.05, 3.63) is 0 Å². The lowest BCUT2D eigenvalue weighted by atomic mass is 10.1. The summed E-state index contributed by atoms with van der Waals surface area (Å²) in [4.78, 5) is 13.9. The zero-order valence-corrected chi connectivity index (χ0v) is 9.31. The molecule has 4 heteroatoms. The van der Waals surface area contributed by atoms with Gasteiger partial charge < -0.3 is 10.2 Å². The van der Waals surface area contributed by atoms with Crippen LogP contribution in [0.1, 0.15) is 19.3 Å². The van der Waals surface area contributed by atoms with Crippen LogP contribution in [0.15, 0.2) is 0 Å². The summed E-state index contributed by atoms with van der Waals surface area (Å²) in [5.74, 6) is 2.18. The Balaban J connectivity index is 1.95. The molecule has 0 aliphatic carbocycles. The van der Waals surface area contributed by atoms with Gasteiger partial charge >= 0.3 is 0 Å². The second-order valence-corrected chi connectivity index (χ2v) is 5.10. The van der Waals surface area contributed by atoms with Gasteiger partial charge in [-0.15, -0.1) is 0 Å². The fourth-order valence-electron chi connectivity index (χ4n) is 2.19. The van der Waals surface area contributed by atoms with Crippen molar-refractivity contribution in [2.45, 2.75) is 25.3 Å². The molecule has 2 saturated heterocycles. The molecule has 2 aliphatic rings. The number of amides is 1. The van der Waals surface area contributed by atoms with E-state index in [1.165, 1.54) is 12.8 Å². The van der Waals surface area contributed by atoms with Crippen LogP contribution in [-0.4, -0.2) is 48.0 Å². The van der Waals surface area contributed by atoms with Gasteiger partial charge in [0.2, 0.25) is 5.91 Å². The van der Waals surface area contributed by atoms with Crippen molar-refractivity contribution in [1.29, 1.82) is 0 Å². The Labute approximate surface area is 89.6 Å². The molecule has 1 atom stereocenters. The maximum atomic E-state index is 11.8. The molecule has 2 fully saturated rings. The van der Waals surface area contributed by atoms with E-state index in [1.807, 2.05) is 0 Å². The SMILES string of the molecule is O=C1CSCCCN1C1CCCNC1. The van der Waals surface area contributed by atoms with Crippen molar-refractivity contribution >= 4 is 17.7 Å². The first kappa shape index (κ1) is 10.3. The Kier molecular flexibility index (Phi) is 3.70. The fraction of sp³-hybridized carbons (Fsp3) is 0.900. The number of rotatable bonds is 1. The first-order chi connectivity index (χ1) is 6.88. The molecule has 2 rings (SSSR count). The molecule has 0 aromatic rings. The highest BCUT2D eigenvalue weighted by atomic mass is 32.2. The van der Waals surface area contributed by atoms with Gasteiger partial charge in [0.25, 0.3) is 0 Å². The number of thioether (sulfide) groups is 1. The lowest BCUT2D eigenvalue weighted by Crippen LogP contribution is -2.49. The van der Waals surface area contributed by atoms with Crippen LogP contribution in [0.25, 0.3) is 0 Å². The van der Waals surface area contributed by atoms with E-state index in [4.69, 9.17) is 0 Å². The smallest absolute Gasteiger partial charge is 0.232 e. The molecule has 0 aromatic carbocycles. The molecule has 2 heterocycles. The molecule has 0 aromatic heterocycles. The van der Waals surface area contributed by atoms with Gasteiger partial charge in [-0.25, -0.2) is 0 Å². The van der Waals surface area contributed by atoms with E-state index in [9.17, 15) is 4.79 Å². The van der Waals surface area contributed by atoms with Crippen LogP contribution in [0.3, 0.4) is 0 Å². The molecule has 1 amide bonds. The lowest BCUT2D eigenvalue weighted by molar-refractivity contribution is -0.130. The number of carbonyl (C=O) groups excluding carboxylic acids is 1. The van der Waals surface area contributed by atoms with E-state index in [1.54, 1.807) is 11.8 Å². The van der Waals surface area contributed by atoms with Crippen LogP contribution in [0.4, 0.5) is 0 Å². The van der Waals surface area contributed by atoms with Crippen molar-refractivity contribution < 1.29 is 4.79 Å². The minimum atomic E-state index is 0.348. The molecule has 1 N–H and O–H groups in total. The number of hydrogen-bond donors (Lipinski definition) is 1. The van der Waals surface area contributed by atoms with E-state index in [2.05, 4.69) is 10.2 Å². The summed E-state index contributed by atoms with van der Waals surface area (Å²) in [6, 6.07) is 0.468. The molecule has 0 bridgehead atoms. The minimum absolute atomic E-state index is 0.348. The predicted octanol–water partition coefficient (Wildman–Crippen LogP) is 0.704. The van der Waals surface area contributed by atoms with E-state index >= 15 is 0 Å². The third kappa shape index (κ3) is 2.42. The average Bonchev–Trinajstić information content (AvgIpc) is 2.44. The molecule has 0 saturated carbocycles. The largest absolute Gasteiger partial charge is 0.338 e. The number of hydrogen-bond acceptors (Lipinski definition) is 3. The van der Waals surface area contributed by atoms with Crippen LogP contribution in [0.2, 0.25) is 0 Å². The zero-order valence-electron chi connectivity index (χ0n) is 8.50. The van der Waals surface area contributed by atoms with Gasteiger partial charge in [-0.3, -0.25) is 4.79 Å². The summed E-state index contributed by atoms with van der Waals surface area (Å²) in [5.41, 5.74) is 0. The van der Waals surface area contributed by atoms with E-state index in [-0.39, 0.29) is 0 Å². The average molecular weight is 214 g/mol. The minimum Gasteiger partial charge on any atom is -0.338 e. The summed E-state index contributed by atoms with van der Waals surface area (Å²) in [5, 5.41) is 3.37. The van der Waals surface area contributed by atoms with Gasteiger partial charge in [0.1, 0.15) is 0 Å². The zero-order chi connectivity index (χ0) is 9.80. The molecule has 1 unspecified atom stereocenters. The quantitative estimate of drug-likeness (QED) is 0.697. The Morgan fingerprint density at radius 3 is 3.14 bits per heavy atom. The molecule has 14 heavy (non-hydrogen) atoms. The molecule has 2 aliphatic heterocycles. The fourth-order valence-corrected chi connectivity index (χ4v) is 3.01. The monoisotopic (exact) mass is 214 g/mol. The number of nitrogens with one attached hydrogen (secondary N) is 1. The number of nitrogens with zero attached hydrogens (tertiary/aromatic N) is 1. The second-order valence-electron chi connectivity index (χ2n) is 3.99. The Hall–Kier alpha value is -0.220. The number of carbonyl (C=O) groups is 1. The van der Waals surface area contributed by atoms with Gasteiger partial charge in [-0.1, -0.05) is 0 Å². The second kappa shape index (κ2) is 5.03. The van der Waals surface area contributed by atoms with Crippen molar-refractivity contribution in [1.82, 2.24) is 10.2 Å². The maximum absolute atomic E-state index is 11.8.